The Bertz CT molecular complexity index is 634. The first-order chi connectivity index (χ1) is 12.1. The zero-order valence-corrected chi connectivity index (χ0v) is 14.2. The molecule has 0 aliphatic carbocycles. The Kier molecular flexibility index (Phi) is 5.53. The molecule has 2 aliphatic rings. The van der Waals surface area contributed by atoms with Gasteiger partial charge in [0.25, 0.3) is 0 Å². The van der Waals surface area contributed by atoms with Crippen molar-refractivity contribution in [1.29, 1.82) is 0 Å². The Morgan fingerprint density at radius 2 is 1.96 bits per heavy atom. The van der Waals surface area contributed by atoms with Gasteiger partial charge in [0.15, 0.2) is 0 Å². The summed E-state index contributed by atoms with van der Waals surface area (Å²) in [4.78, 5) is 39.1. The van der Waals surface area contributed by atoms with Crippen molar-refractivity contribution in [3.05, 3.63) is 30.3 Å². The van der Waals surface area contributed by atoms with E-state index < -0.39 is 0 Å². The van der Waals surface area contributed by atoms with Crippen LogP contribution in [-0.4, -0.2) is 55.0 Å². The van der Waals surface area contributed by atoms with Crippen LogP contribution in [0.3, 0.4) is 0 Å². The van der Waals surface area contributed by atoms with Gasteiger partial charge in [0.05, 0.1) is 6.04 Å². The normalized spacial score (nSPS) is 20.2. The SMILES string of the molecule is O=C(NCCCN1CCCC1=O)NC1CC(=O)N(c2ccccc2)C1. The van der Waals surface area contributed by atoms with E-state index in [1.807, 2.05) is 35.2 Å². The fourth-order valence-electron chi connectivity index (χ4n) is 3.31. The van der Waals surface area contributed by atoms with Gasteiger partial charge in [-0.05, 0) is 25.0 Å². The summed E-state index contributed by atoms with van der Waals surface area (Å²) >= 11 is 0. The van der Waals surface area contributed by atoms with Crippen LogP contribution in [-0.2, 0) is 9.59 Å². The van der Waals surface area contributed by atoms with Gasteiger partial charge in [-0.15, -0.1) is 0 Å². The third kappa shape index (κ3) is 4.49. The van der Waals surface area contributed by atoms with Crippen LogP contribution in [0.15, 0.2) is 30.3 Å². The summed E-state index contributed by atoms with van der Waals surface area (Å²) in [6, 6.07) is 9.01. The number of carbonyl (C=O) groups excluding carboxylic acids is 3. The molecule has 0 aromatic heterocycles. The minimum absolute atomic E-state index is 0.0176. The average molecular weight is 344 g/mol. The molecule has 0 saturated carbocycles. The zero-order chi connectivity index (χ0) is 17.6. The fourth-order valence-corrected chi connectivity index (χ4v) is 3.31. The van der Waals surface area contributed by atoms with Crippen molar-refractivity contribution < 1.29 is 14.4 Å². The molecule has 25 heavy (non-hydrogen) atoms. The van der Waals surface area contributed by atoms with Gasteiger partial charge in [0, 0.05) is 44.7 Å². The number of para-hydroxylation sites is 1. The van der Waals surface area contributed by atoms with E-state index >= 15 is 0 Å². The maximum absolute atomic E-state index is 12.1. The molecule has 1 aromatic carbocycles. The largest absolute Gasteiger partial charge is 0.343 e. The Labute approximate surface area is 147 Å². The van der Waals surface area contributed by atoms with E-state index in [4.69, 9.17) is 0 Å². The predicted molar refractivity (Wildman–Crippen MR) is 94.2 cm³/mol. The van der Waals surface area contributed by atoms with Gasteiger partial charge >= 0.3 is 6.03 Å². The molecule has 1 unspecified atom stereocenters. The Morgan fingerprint density at radius 3 is 2.68 bits per heavy atom. The molecule has 2 heterocycles. The van der Waals surface area contributed by atoms with Crippen LogP contribution < -0.4 is 15.5 Å². The molecular formula is C18H24N4O3. The molecule has 2 fully saturated rings. The van der Waals surface area contributed by atoms with Gasteiger partial charge in [0.2, 0.25) is 11.8 Å². The molecule has 2 aliphatic heterocycles. The number of hydrogen-bond acceptors (Lipinski definition) is 3. The first kappa shape index (κ1) is 17.3. The van der Waals surface area contributed by atoms with E-state index in [2.05, 4.69) is 10.6 Å². The standard InChI is InChI=1S/C18H24N4O3/c23-16-8-4-10-21(16)11-5-9-19-18(25)20-14-12-17(24)22(13-14)15-6-2-1-3-7-15/h1-3,6-7,14H,4-5,8-13H2,(H2,19,20,25). The van der Waals surface area contributed by atoms with Crippen LogP contribution in [0.25, 0.3) is 0 Å². The summed E-state index contributed by atoms with van der Waals surface area (Å²) in [5, 5.41) is 5.65. The number of urea groups is 1. The lowest BCUT2D eigenvalue weighted by atomic mass is 10.2. The van der Waals surface area contributed by atoms with Crippen LogP contribution in [0.2, 0.25) is 0 Å². The molecule has 0 bridgehead atoms. The highest BCUT2D eigenvalue weighted by atomic mass is 16.2. The molecule has 7 nitrogen and oxygen atoms in total. The molecule has 2 N–H and O–H groups in total. The lowest BCUT2D eigenvalue weighted by Gasteiger charge is -2.18. The van der Waals surface area contributed by atoms with Crippen LogP contribution in [0.5, 0.6) is 0 Å². The summed E-state index contributed by atoms with van der Waals surface area (Å²) in [6.07, 6.45) is 2.62. The summed E-state index contributed by atoms with van der Waals surface area (Å²) in [5.74, 6) is 0.221. The van der Waals surface area contributed by atoms with Gasteiger partial charge in [-0.2, -0.15) is 0 Å². The number of hydrogen-bond donors (Lipinski definition) is 2. The van der Waals surface area contributed by atoms with Gasteiger partial charge in [-0.1, -0.05) is 18.2 Å². The molecule has 7 heteroatoms. The molecule has 0 radical (unpaired) electrons. The summed E-state index contributed by atoms with van der Waals surface area (Å²) < 4.78 is 0. The van der Waals surface area contributed by atoms with Crippen LogP contribution in [0, 0.1) is 0 Å². The van der Waals surface area contributed by atoms with Crippen molar-refractivity contribution in [2.75, 3.05) is 31.1 Å². The second-order valence-corrected chi connectivity index (χ2v) is 6.48. The Balaban J connectivity index is 1.37. The molecule has 0 spiro atoms. The average Bonchev–Trinajstić information content (AvgIpc) is 3.18. The van der Waals surface area contributed by atoms with E-state index in [-0.39, 0.29) is 23.9 Å². The minimum Gasteiger partial charge on any atom is -0.343 e. The smallest absolute Gasteiger partial charge is 0.315 e. The molecule has 2 saturated heterocycles. The van der Waals surface area contributed by atoms with Gasteiger partial charge in [-0.25, -0.2) is 4.79 Å². The van der Waals surface area contributed by atoms with Crippen molar-refractivity contribution >= 4 is 23.5 Å². The van der Waals surface area contributed by atoms with E-state index in [0.29, 0.717) is 32.5 Å². The first-order valence-electron chi connectivity index (χ1n) is 8.81. The van der Waals surface area contributed by atoms with Gasteiger partial charge < -0.3 is 20.4 Å². The summed E-state index contributed by atoms with van der Waals surface area (Å²) in [6.45, 7) is 2.50. The second-order valence-electron chi connectivity index (χ2n) is 6.48. The number of carbonyl (C=O) groups is 3. The van der Waals surface area contributed by atoms with Crippen molar-refractivity contribution in [3.63, 3.8) is 0 Å². The number of nitrogens with zero attached hydrogens (tertiary/aromatic N) is 2. The highest BCUT2D eigenvalue weighted by molar-refractivity contribution is 5.96. The molecule has 4 amide bonds. The van der Waals surface area contributed by atoms with E-state index in [1.165, 1.54) is 0 Å². The highest BCUT2D eigenvalue weighted by Gasteiger charge is 2.31. The Hall–Kier alpha value is -2.57. The highest BCUT2D eigenvalue weighted by Crippen LogP contribution is 2.20. The third-order valence-corrected chi connectivity index (χ3v) is 4.59. The number of amides is 4. The molecule has 134 valence electrons. The van der Waals surface area contributed by atoms with E-state index in [1.54, 1.807) is 4.90 Å². The molecular weight excluding hydrogens is 320 g/mol. The van der Waals surface area contributed by atoms with Crippen molar-refractivity contribution in [2.24, 2.45) is 0 Å². The van der Waals surface area contributed by atoms with Crippen molar-refractivity contribution in [3.8, 4) is 0 Å². The van der Waals surface area contributed by atoms with E-state index in [9.17, 15) is 14.4 Å². The number of nitrogens with one attached hydrogen (secondary N) is 2. The lowest BCUT2D eigenvalue weighted by molar-refractivity contribution is -0.127. The Morgan fingerprint density at radius 1 is 1.16 bits per heavy atom. The number of benzene rings is 1. The molecule has 1 atom stereocenters. The second kappa shape index (κ2) is 8.00. The first-order valence-corrected chi connectivity index (χ1v) is 8.81. The van der Waals surface area contributed by atoms with Crippen LogP contribution in [0.4, 0.5) is 10.5 Å². The quantitative estimate of drug-likeness (QED) is 0.759. The summed E-state index contributed by atoms with van der Waals surface area (Å²) in [7, 11) is 0. The van der Waals surface area contributed by atoms with Crippen molar-refractivity contribution in [2.45, 2.75) is 31.7 Å². The van der Waals surface area contributed by atoms with Gasteiger partial charge in [-0.3, -0.25) is 9.59 Å². The summed E-state index contributed by atoms with van der Waals surface area (Å²) in [5.41, 5.74) is 0.854. The number of likely N-dealkylation sites (tertiary alicyclic amines) is 1. The number of rotatable bonds is 6. The maximum Gasteiger partial charge on any atom is 0.315 e. The predicted octanol–water partition coefficient (Wildman–Crippen LogP) is 1.10. The molecule has 3 rings (SSSR count). The van der Waals surface area contributed by atoms with Crippen LogP contribution >= 0.6 is 0 Å². The van der Waals surface area contributed by atoms with E-state index in [0.717, 1.165) is 25.1 Å². The lowest BCUT2D eigenvalue weighted by Crippen LogP contribution is -2.44. The monoisotopic (exact) mass is 344 g/mol. The third-order valence-electron chi connectivity index (χ3n) is 4.59. The van der Waals surface area contributed by atoms with Gasteiger partial charge in [0.1, 0.15) is 0 Å². The van der Waals surface area contributed by atoms with Crippen LogP contribution in [0.1, 0.15) is 25.7 Å². The molecule has 1 aromatic rings. The van der Waals surface area contributed by atoms with Crippen molar-refractivity contribution in [1.82, 2.24) is 15.5 Å². The minimum atomic E-state index is -0.263. The fraction of sp³-hybridized carbons (Fsp3) is 0.500. The number of anilines is 1. The maximum atomic E-state index is 12.1. The zero-order valence-electron chi connectivity index (χ0n) is 14.2. The topological polar surface area (TPSA) is 81.8 Å².